The van der Waals surface area contributed by atoms with Crippen molar-refractivity contribution in [3.63, 3.8) is 0 Å². The molecule has 1 fully saturated rings. The van der Waals surface area contributed by atoms with Gasteiger partial charge in [0.2, 0.25) is 5.91 Å². The zero-order valence-electron chi connectivity index (χ0n) is 11.4. The van der Waals surface area contributed by atoms with Gasteiger partial charge in [0.1, 0.15) is 5.88 Å². The Morgan fingerprint density at radius 3 is 2.84 bits per heavy atom. The third-order valence-electron chi connectivity index (χ3n) is 3.76. The van der Waals surface area contributed by atoms with Gasteiger partial charge < -0.3 is 4.90 Å². The van der Waals surface area contributed by atoms with Gasteiger partial charge in [0.05, 0.1) is 0 Å². The van der Waals surface area contributed by atoms with Crippen molar-refractivity contribution in [3.05, 3.63) is 35.9 Å². The van der Waals surface area contributed by atoms with Gasteiger partial charge in [0.15, 0.2) is 0 Å². The van der Waals surface area contributed by atoms with E-state index >= 15 is 0 Å². The second-order valence-corrected chi connectivity index (χ2v) is 5.44. The molecule has 0 bridgehead atoms. The number of piperidine rings is 1. The highest BCUT2D eigenvalue weighted by molar-refractivity contribution is 6.27. The first kappa shape index (κ1) is 14.4. The van der Waals surface area contributed by atoms with Crippen LogP contribution in [0.25, 0.3) is 0 Å². The predicted molar refractivity (Wildman–Crippen MR) is 78.2 cm³/mol. The van der Waals surface area contributed by atoms with E-state index in [1.165, 1.54) is 5.56 Å². The van der Waals surface area contributed by atoms with E-state index < -0.39 is 0 Å². The van der Waals surface area contributed by atoms with Crippen LogP contribution in [0.15, 0.2) is 30.3 Å². The molecule has 1 aromatic rings. The number of hydrogen-bond acceptors (Lipinski definition) is 2. The van der Waals surface area contributed by atoms with Crippen molar-refractivity contribution in [1.82, 2.24) is 9.80 Å². The Morgan fingerprint density at radius 1 is 1.42 bits per heavy atom. The molecule has 3 nitrogen and oxygen atoms in total. The molecule has 1 aliphatic rings. The molecule has 1 saturated heterocycles. The summed E-state index contributed by atoms with van der Waals surface area (Å²) in [6, 6.07) is 10.9. The van der Waals surface area contributed by atoms with Gasteiger partial charge in [-0.3, -0.25) is 9.69 Å². The summed E-state index contributed by atoms with van der Waals surface area (Å²) in [6.07, 6.45) is 2.21. The Bertz CT molecular complexity index is 410. The van der Waals surface area contributed by atoms with Crippen molar-refractivity contribution in [2.75, 3.05) is 26.0 Å². The molecule has 0 aromatic heterocycles. The summed E-state index contributed by atoms with van der Waals surface area (Å²) in [6.45, 7) is 2.57. The van der Waals surface area contributed by atoms with Crippen LogP contribution in [0.4, 0.5) is 0 Å². The van der Waals surface area contributed by atoms with Crippen LogP contribution in [-0.4, -0.2) is 47.8 Å². The van der Waals surface area contributed by atoms with Crippen molar-refractivity contribution in [1.29, 1.82) is 0 Å². The summed E-state index contributed by atoms with van der Waals surface area (Å²) in [5, 5.41) is 0. The van der Waals surface area contributed by atoms with E-state index in [1.807, 2.05) is 11.0 Å². The average molecular weight is 281 g/mol. The molecule has 1 aliphatic heterocycles. The van der Waals surface area contributed by atoms with E-state index in [2.05, 4.69) is 36.2 Å². The minimum atomic E-state index is 0.0551. The molecule has 104 valence electrons. The number of alkyl halides is 1. The highest BCUT2D eigenvalue weighted by Gasteiger charge is 2.25. The number of carbonyl (C=O) groups excluding carboxylic acids is 1. The molecule has 0 aliphatic carbocycles. The smallest absolute Gasteiger partial charge is 0.237 e. The Labute approximate surface area is 120 Å². The maximum absolute atomic E-state index is 11.7. The Kier molecular flexibility index (Phi) is 5.23. The molecule has 4 heteroatoms. The first-order chi connectivity index (χ1) is 9.20. The number of likely N-dealkylation sites (N-methyl/N-ethyl adjacent to an activating group) is 1. The largest absolute Gasteiger partial charge is 0.340 e. The number of amides is 1. The maximum atomic E-state index is 11.7. The highest BCUT2D eigenvalue weighted by Crippen LogP contribution is 2.17. The number of halogens is 1. The molecule has 2 rings (SSSR count). The van der Waals surface area contributed by atoms with Gasteiger partial charge in [-0.15, -0.1) is 11.6 Å². The zero-order chi connectivity index (χ0) is 13.7. The first-order valence-corrected chi connectivity index (χ1v) is 7.32. The summed E-state index contributed by atoms with van der Waals surface area (Å²) >= 11 is 5.64. The van der Waals surface area contributed by atoms with E-state index in [1.54, 1.807) is 0 Å². The van der Waals surface area contributed by atoms with E-state index in [-0.39, 0.29) is 11.8 Å². The molecule has 0 N–H and O–H groups in total. The number of nitrogens with zero attached hydrogens (tertiary/aromatic N) is 2. The van der Waals surface area contributed by atoms with Crippen molar-refractivity contribution >= 4 is 17.5 Å². The van der Waals surface area contributed by atoms with E-state index in [0.29, 0.717) is 6.04 Å². The summed E-state index contributed by atoms with van der Waals surface area (Å²) in [4.78, 5) is 15.9. The molecule has 1 aromatic carbocycles. The van der Waals surface area contributed by atoms with Crippen LogP contribution in [-0.2, 0) is 11.3 Å². The summed E-state index contributed by atoms with van der Waals surface area (Å²) in [5.41, 5.74) is 1.31. The summed E-state index contributed by atoms with van der Waals surface area (Å²) < 4.78 is 0. The number of carbonyl (C=O) groups is 1. The van der Waals surface area contributed by atoms with E-state index in [0.717, 1.165) is 32.5 Å². The lowest BCUT2D eigenvalue weighted by Gasteiger charge is -2.37. The van der Waals surface area contributed by atoms with Gasteiger partial charge in [0, 0.05) is 25.7 Å². The van der Waals surface area contributed by atoms with Crippen LogP contribution >= 0.6 is 11.6 Å². The molecule has 0 saturated carbocycles. The van der Waals surface area contributed by atoms with Crippen molar-refractivity contribution < 1.29 is 4.79 Å². The fourth-order valence-corrected chi connectivity index (χ4v) is 2.80. The van der Waals surface area contributed by atoms with Gasteiger partial charge in [-0.2, -0.15) is 0 Å². The number of hydrogen-bond donors (Lipinski definition) is 0. The Balaban J connectivity index is 1.92. The molecule has 1 amide bonds. The van der Waals surface area contributed by atoms with Crippen LogP contribution in [0.2, 0.25) is 0 Å². The van der Waals surface area contributed by atoms with Crippen LogP contribution < -0.4 is 0 Å². The minimum absolute atomic E-state index is 0.0551. The number of likely N-dealkylation sites (tertiary alicyclic amines) is 1. The number of rotatable bonds is 4. The SMILES string of the molecule is CN(Cc1ccccc1)[C@H]1CCCN(C(=O)CCl)C1. The maximum Gasteiger partial charge on any atom is 0.237 e. The second kappa shape index (κ2) is 6.92. The van der Waals surface area contributed by atoms with Crippen LogP contribution in [0, 0.1) is 0 Å². The van der Waals surface area contributed by atoms with Crippen LogP contribution in [0.5, 0.6) is 0 Å². The second-order valence-electron chi connectivity index (χ2n) is 5.17. The van der Waals surface area contributed by atoms with Crippen LogP contribution in [0.3, 0.4) is 0 Å². The molecule has 0 spiro atoms. The predicted octanol–water partition coefficient (Wildman–Crippen LogP) is 2.35. The third-order valence-corrected chi connectivity index (χ3v) is 3.99. The van der Waals surface area contributed by atoms with Crippen molar-refractivity contribution in [2.24, 2.45) is 0 Å². The molecule has 0 unspecified atom stereocenters. The van der Waals surface area contributed by atoms with E-state index in [9.17, 15) is 4.79 Å². The monoisotopic (exact) mass is 280 g/mol. The number of benzene rings is 1. The molecular formula is C15H21ClN2O. The van der Waals surface area contributed by atoms with Gasteiger partial charge in [-0.1, -0.05) is 30.3 Å². The quantitative estimate of drug-likeness (QED) is 0.791. The standard InChI is InChI=1S/C15H21ClN2O/c1-17(11-13-6-3-2-4-7-13)14-8-5-9-18(12-14)15(19)10-16/h2-4,6-7,14H,5,8-12H2,1H3/t14-/m0/s1. The third kappa shape index (κ3) is 3.95. The molecule has 19 heavy (non-hydrogen) atoms. The Hall–Kier alpha value is -1.06. The van der Waals surface area contributed by atoms with Crippen LogP contribution in [0.1, 0.15) is 18.4 Å². The first-order valence-electron chi connectivity index (χ1n) is 6.78. The fraction of sp³-hybridized carbons (Fsp3) is 0.533. The molecule has 0 radical (unpaired) electrons. The molecule has 1 atom stereocenters. The normalized spacial score (nSPS) is 19.7. The molecule has 1 heterocycles. The highest BCUT2D eigenvalue weighted by atomic mass is 35.5. The molecular weight excluding hydrogens is 260 g/mol. The van der Waals surface area contributed by atoms with Gasteiger partial charge >= 0.3 is 0 Å². The summed E-state index contributed by atoms with van der Waals surface area (Å²) in [5.74, 6) is 0.147. The average Bonchev–Trinajstić information content (AvgIpc) is 2.47. The Morgan fingerprint density at radius 2 is 2.16 bits per heavy atom. The van der Waals surface area contributed by atoms with Gasteiger partial charge in [-0.05, 0) is 25.5 Å². The summed E-state index contributed by atoms with van der Waals surface area (Å²) in [7, 11) is 2.13. The van der Waals surface area contributed by atoms with Crippen molar-refractivity contribution in [2.45, 2.75) is 25.4 Å². The van der Waals surface area contributed by atoms with Gasteiger partial charge in [-0.25, -0.2) is 0 Å². The topological polar surface area (TPSA) is 23.6 Å². The van der Waals surface area contributed by atoms with Gasteiger partial charge in [0.25, 0.3) is 0 Å². The fourth-order valence-electron chi connectivity index (χ4n) is 2.63. The zero-order valence-corrected chi connectivity index (χ0v) is 12.1. The van der Waals surface area contributed by atoms with E-state index in [4.69, 9.17) is 11.6 Å². The lowest BCUT2D eigenvalue weighted by Crippen LogP contribution is -2.48. The lowest BCUT2D eigenvalue weighted by atomic mass is 10.0. The lowest BCUT2D eigenvalue weighted by molar-refractivity contribution is -0.130. The minimum Gasteiger partial charge on any atom is -0.340 e. The van der Waals surface area contributed by atoms with Crippen molar-refractivity contribution in [3.8, 4) is 0 Å².